The van der Waals surface area contributed by atoms with Gasteiger partial charge in [-0.25, -0.2) is 4.79 Å². The fraction of sp³-hybridized carbons (Fsp3) is 0.833. The van der Waals surface area contributed by atoms with Crippen LogP contribution in [-0.4, -0.2) is 40.9 Å². The lowest BCUT2D eigenvalue weighted by Gasteiger charge is -2.32. The Hall–Kier alpha value is -1.31. The normalized spacial score (nSPS) is 25.0. The topological polar surface area (TPSA) is 86.6 Å². The molecule has 8 heteroatoms. The highest BCUT2D eigenvalue weighted by molar-refractivity contribution is 5.85. The molecular formula is C12H18F3NO4. The molecule has 0 bridgehead atoms. The number of hydrogen-bond donors (Lipinski definition) is 3. The second-order valence-corrected chi connectivity index (χ2v) is 4.95. The average molecular weight is 297 g/mol. The van der Waals surface area contributed by atoms with Crippen molar-refractivity contribution in [2.75, 3.05) is 6.61 Å². The number of nitrogens with one attached hydrogen (secondary N) is 1. The van der Waals surface area contributed by atoms with Crippen LogP contribution in [0.25, 0.3) is 0 Å². The fourth-order valence-corrected chi connectivity index (χ4v) is 2.50. The summed E-state index contributed by atoms with van der Waals surface area (Å²) in [5, 5.41) is 19.6. The summed E-state index contributed by atoms with van der Waals surface area (Å²) in [6.07, 6.45) is -3.78. The van der Waals surface area contributed by atoms with Gasteiger partial charge in [-0.1, -0.05) is 12.8 Å². The van der Waals surface area contributed by atoms with Crippen molar-refractivity contribution in [3.63, 3.8) is 0 Å². The van der Waals surface area contributed by atoms with E-state index >= 15 is 0 Å². The third kappa shape index (κ3) is 4.36. The van der Waals surface area contributed by atoms with Gasteiger partial charge in [-0.15, -0.1) is 0 Å². The van der Waals surface area contributed by atoms with Crippen molar-refractivity contribution < 1.29 is 33.0 Å². The predicted octanol–water partition coefficient (Wildman–Crippen LogP) is 1.31. The van der Waals surface area contributed by atoms with E-state index in [9.17, 15) is 22.8 Å². The van der Waals surface area contributed by atoms with E-state index in [1.807, 2.05) is 0 Å². The average Bonchev–Trinajstić information content (AvgIpc) is 2.37. The van der Waals surface area contributed by atoms with Crippen LogP contribution >= 0.6 is 0 Å². The maximum atomic E-state index is 12.9. The van der Waals surface area contributed by atoms with Crippen LogP contribution in [-0.2, 0) is 9.59 Å². The molecule has 1 aliphatic rings. The molecule has 5 nitrogen and oxygen atoms in total. The van der Waals surface area contributed by atoms with E-state index in [1.165, 1.54) is 0 Å². The Labute approximate surface area is 114 Å². The van der Waals surface area contributed by atoms with Crippen molar-refractivity contribution in [3.8, 4) is 0 Å². The number of aliphatic carboxylic acids is 1. The molecule has 0 aromatic heterocycles. The Morgan fingerprint density at radius 3 is 2.35 bits per heavy atom. The first kappa shape index (κ1) is 16.7. The zero-order valence-electron chi connectivity index (χ0n) is 10.8. The van der Waals surface area contributed by atoms with E-state index in [2.05, 4.69) is 5.32 Å². The summed E-state index contributed by atoms with van der Waals surface area (Å²) in [6.45, 7) is -0.468. The molecular weight excluding hydrogens is 279 g/mol. The lowest BCUT2D eigenvalue weighted by atomic mass is 9.78. The van der Waals surface area contributed by atoms with E-state index in [0.29, 0.717) is 12.8 Å². The third-order valence-corrected chi connectivity index (χ3v) is 3.56. The van der Waals surface area contributed by atoms with Gasteiger partial charge in [0.1, 0.15) is 6.04 Å². The summed E-state index contributed by atoms with van der Waals surface area (Å²) >= 11 is 0. The van der Waals surface area contributed by atoms with Crippen LogP contribution < -0.4 is 5.32 Å². The molecule has 0 saturated heterocycles. The van der Waals surface area contributed by atoms with Gasteiger partial charge in [-0.3, -0.25) is 4.79 Å². The minimum atomic E-state index is -4.46. The number of aliphatic hydroxyl groups excluding tert-OH is 1. The standard InChI is InChI=1S/C12H18F3NO4/c13-12(14,15)8-4-2-1-3-7(8)10(18)16-9(5-6-17)11(19)20/h7-9,17H,1-6H2,(H,16,18)(H,19,20). The Balaban J connectivity index is 2.74. The summed E-state index contributed by atoms with van der Waals surface area (Å²) in [4.78, 5) is 22.7. The van der Waals surface area contributed by atoms with Gasteiger partial charge in [0, 0.05) is 18.9 Å². The molecule has 1 aliphatic carbocycles. The lowest BCUT2D eigenvalue weighted by molar-refractivity contribution is -0.198. The zero-order chi connectivity index (χ0) is 15.3. The van der Waals surface area contributed by atoms with Gasteiger partial charge in [-0.05, 0) is 12.8 Å². The largest absolute Gasteiger partial charge is 0.480 e. The van der Waals surface area contributed by atoms with Crippen molar-refractivity contribution >= 4 is 11.9 Å². The first-order valence-corrected chi connectivity index (χ1v) is 6.48. The molecule has 1 saturated carbocycles. The highest BCUT2D eigenvalue weighted by Gasteiger charge is 2.48. The van der Waals surface area contributed by atoms with Crippen molar-refractivity contribution in [1.82, 2.24) is 5.32 Å². The number of amides is 1. The maximum Gasteiger partial charge on any atom is 0.392 e. The highest BCUT2D eigenvalue weighted by atomic mass is 19.4. The van der Waals surface area contributed by atoms with E-state index in [1.54, 1.807) is 0 Å². The number of carboxylic acids is 1. The van der Waals surface area contributed by atoms with Crippen LogP contribution in [0, 0.1) is 11.8 Å². The van der Waals surface area contributed by atoms with Crippen LogP contribution in [0.15, 0.2) is 0 Å². The molecule has 0 heterocycles. The summed E-state index contributed by atoms with van der Waals surface area (Å²) in [7, 11) is 0. The summed E-state index contributed by atoms with van der Waals surface area (Å²) in [5.74, 6) is -5.23. The molecule has 0 aliphatic heterocycles. The Morgan fingerprint density at radius 2 is 1.85 bits per heavy atom. The fourth-order valence-electron chi connectivity index (χ4n) is 2.50. The van der Waals surface area contributed by atoms with Crippen LogP contribution in [0.2, 0.25) is 0 Å². The molecule has 1 fully saturated rings. The van der Waals surface area contributed by atoms with Gasteiger partial charge in [0.15, 0.2) is 0 Å². The van der Waals surface area contributed by atoms with Crippen LogP contribution in [0.4, 0.5) is 13.2 Å². The molecule has 116 valence electrons. The van der Waals surface area contributed by atoms with Gasteiger partial charge in [-0.2, -0.15) is 13.2 Å². The molecule has 3 N–H and O–H groups in total. The van der Waals surface area contributed by atoms with Crippen LogP contribution in [0.3, 0.4) is 0 Å². The predicted molar refractivity (Wildman–Crippen MR) is 62.8 cm³/mol. The SMILES string of the molecule is O=C(O)C(CCO)NC(=O)C1CCCCC1C(F)(F)F. The molecule has 0 spiro atoms. The number of alkyl halides is 3. The number of carbonyl (C=O) groups is 2. The smallest absolute Gasteiger partial charge is 0.392 e. The monoisotopic (exact) mass is 297 g/mol. The number of carbonyl (C=O) groups excluding carboxylic acids is 1. The summed E-state index contributed by atoms with van der Waals surface area (Å²) in [5.41, 5.74) is 0. The van der Waals surface area contributed by atoms with Gasteiger partial charge >= 0.3 is 12.1 Å². The quantitative estimate of drug-likeness (QED) is 0.714. The minimum Gasteiger partial charge on any atom is -0.480 e. The summed E-state index contributed by atoms with van der Waals surface area (Å²) < 4.78 is 38.6. The number of halogens is 3. The molecule has 0 aromatic rings. The Morgan fingerprint density at radius 1 is 1.25 bits per heavy atom. The van der Waals surface area contributed by atoms with Crippen LogP contribution in [0.5, 0.6) is 0 Å². The van der Waals surface area contributed by atoms with Gasteiger partial charge in [0.05, 0.1) is 5.92 Å². The van der Waals surface area contributed by atoms with Crippen molar-refractivity contribution in [2.45, 2.75) is 44.3 Å². The van der Waals surface area contributed by atoms with Gasteiger partial charge in [0.2, 0.25) is 5.91 Å². The van der Waals surface area contributed by atoms with Crippen LogP contribution in [0.1, 0.15) is 32.1 Å². The number of carboxylic acid groups (broad SMARTS) is 1. The van der Waals surface area contributed by atoms with Crippen molar-refractivity contribution in [2.24, 2.45) is 11.8 Å². The molecule has 3 atom stereocenters. The number of rotatable bonds is 5. The first-order chi connectivity index (χ1) is 9.27. The first-order valence-electron chi connectivity index (χ1n) is 6.48. The minimum absolute atomic E-state index is 0.0987. The molecule has 20 heavy (non-hydrogen) atoms. The number of aliphatic hydroxyl groups is 1. The highest BCUT2D eigenvalue weighted by Crippen LogP contribution is 2.41. The molecule has 3 unspecified atom stereocenters. The Kier molecular flexibility index (Phi) is 5.79. The lowest BCUT2D eigenvalue weighted by Crippen LogP contribution is -2.48. The molecule has 1 rings (SSSR count). The van der Waals surface area contributed by atoms with E-state index in [-0.39, 0.29) is 19.3 Å². The molecule has 1 amide bonds. The van der Waals surface area contributed by atoms with Gasteiger partial charge in [0.25, 0.3) is 0 Å². The second-order valence-electron chi connectivity index (χ2n) is 4.95. The van der Waals surface area contributed by atoms with Gasteiger partial charge < -0.3 is 15.5 Å². The summed E-state index contributed by atoms with van der Waals surface area (Å²) in [6, 6.07) is -1.36. The molecule has 0 radical (unpaired) electrons. The number of hydrogen-bond acceptors (Lipinski definition) is 3. The Bertz CT molecular complexity index is 359. The van der Waals surface area contributed by atoms with Crippen molar-refractivity contribution in [3.05, 3.63) is 0 Å². The zero-order valence-corrected chi connectivity index (χ0v) is 10.8. The maximum absolute atomic E-state index is 12.9. The van der Waals surface area contributed by atoms with E-state index < -0.39 is 42.5 Å². The third-order valence-electron chi connectivity index (χ3n) is 3.56. The van der Waals surface area contributed by atoms with E-state index in [4.69, 9.17) is 10.2 Å². The van der Waals surface area contributed by atoms with E-state index in [0.717, 1.165) is 0 Å². The molecule has 0 aromatic carbocycles. The second kappa shape index (κ2) is 6.92. The van der Waals surface area contributed by atoms with Crippen molar-refractivity contribution in [1.29, 1.82) is 0 Å².